The largest absolute Gasteiger partial charge is 0.330 e. The first-order valence-electron chi connectivity index (χ1n) is 3.90. The van der Waals surface area contributed by atoms with Gasteiger partial charge in [0, 0.05) is 0 Å². The second-order valence-corrected chi connectivity index (χ2v) is 3.31. The molecular formula is C9H10ClF2N. The Morgan fingerprint density at radius 3 is 2.23 bits per heavy atom. The van der Waals surface area contributed by atoms with Crippen LogP contribution in [0.1, 0.15) is 18.4 Å². The summed E-state index contributed by atoms with van der Waals surface area (Å²) in [6, 6.07) is 2.42. The van der Waals surface area contributed by atoms with Crippen LogP contribution in [0.15, 0.2) is 12.1 Å². The smallest absolute Gasteiger partial charge is 0.145 e. The van der Waals surface area contributed by atoms with Crippen molar-refractivity contribution in [3.05, 3.63) is 34.4 Å². The van der Waals surface area contributed by atoms with Crippen molar-refractivity contribution in [1.82, 2.24) is 0 Å². The molecular weight excluding hydrogens is 196 g/mol. The van der Waals surface area contributed by atoms with E-state index in [1.165, 1.54) is 12.1 Å². The monoisotopic (exact) mass is 205 g/mol. The molecule has 1 nitrogen and oxygen atoms in total. The molecule has 1 aromatic rings. The average Bonchev–Trinajstić information content (AvgIpc) is 2.12. The fourth-order valence-corrected chi connectivity index (χ4v) is 1.10. The van der Waals surface area contributed by atoms with Crippen molar-refractivity contribution < 1.29 is 8.78 Å². The highest BCUT2D eigenvalue weighted by atomic mass is 35.5. The molecule has 4 heteroatoms. The van der Waals surface area contributed by atoms with Crippen LogP contribution in [0.2, 0.25) is 5.02 Å². The van der Waals surface area contributed by atoms with Gasteiger partial charge in [-0.1, -0.05) is 18.5 Å². The molecule has 0 aliphatic rings. The second kappa shape index (κ2) is 4.03. The van der Waals surface area contributed by atoms with Crippen LogP contribution in [-0.2, 0) is 0 Å². The van der Waals surface area contributed by atoms with Crippen molar-refractivity contribution in [2.24, 2.45) is 5.73 Å². The Morgan fingerprint density at radius 2 is 1.85 bits per heavy atom. The maximum absolute atomic E-state index is 12.9. The predicted molar refractivity (Wildman–Crippen MR) is 48.8 cm³/mol. The van der Waals surface area contributed by atoms with Crippen LogP contribution >= 0.6 is 11.6 Å². The fourth-order valence-electron chi connectivity index (χ4n) is 0.996. The maximum atomic E-state index is 12.9. The zero-order chi connectivity index (χ0) is 10.0. The zero-order valence-electron chi connectivity index (χ0n) is 7.15. The van der Waals surface area contributed by atoms with Gasteiger partial charge in [0.05, 0.1) is 0 Å². The van der Waals surface area contributed by atoms with Gasteiger partial charge in [-0.2, -0.15) is 0 Å². The highest BCUT2D eigenvalue weighted by molar-refractivity contribution is 6.30. The minimum absolute atomic E-state index is 0.0683. The maximum Gasteiger partial charge on any atom is 0.145 e. The Balaban J connectivity index is 3.13. The molecule has 0 aliphatic carbocycles. The summed E-state index contributed by atoms with van der Waals surface area (Å²) in [6.07, 6.45) is 0. The second-order valence-electron chi connectivity index (χ2n) is 2.94. The fraction of sp³-hybridized carbons (Fsp3) is 0.333. The molecule has 0 saturated heterocycles. The molecule has 0 aromatic heterocycles. The molecule has 0 heterocycles. The third-order valence-corrected chi connectivity index (χ3v) is 2.29. The highest BCUT2D eigenvalue weighted by Gasteiger charge is 2.11. The van der Waals surface area contributed by atoms with E-state index in [9.17, 15) is 8.78 Å². The average molecular weight is 206 g/mol. The molecule has 0 radical (unpaired) electrons. The molecule has 1 atom stereocenters. The first-order valence-corrected chi connectivity index (χ1v) is 4.28. The summed E-state index contributed by atoms with van der Waals surface area (Å²) < 4.78 is 25.8. The normalized spacial score (nSPS) is 13.0. The van der Waals surface area contributed by atoms with Crippen molar-refractivity contribution in [1.29, 1.82) is 0 Å². The zero-order valence-corrected chi connectivity index (χ0v) is 7.91. The number of hydrogen-bond donors (Lipinski definition) is 1. The lowest BCUT2D eigenvalue weighted by Gasteiger charge is -2.09. The van der Waals surface area contributed by atoms with E-state index >= 15 is 0 Å². The Morgan fingerprint density at radius 1 is 1.38 bits per heavy atom. The summed E-state index contributed by atoms with van der Waals surface area (Å²) >= 11 is 5.32. The van der Waals surface area contributed by atoms with Crippen molar-refractivity contribution in [3.8, 4) is 0 Å². The summed E-state index contributed by atoms with van der Waals surface area (Å²) in [6.45, 7) is 2.14. The number of rotatable bonds is 2. The van der Waals surface area contributed by atoms with Gasteiger partial charge in [-0.15, -0.1) is 0 Å². The molecule has 0 aliphatic heterocycles. The lowest BCUT2D eigenvalue weighted by Crippen LogP contribution is -2.09. The van der Waals surface area contributed by atoms with Crippen LogP contribution in [-0.4, -0.2) is 6.54 Å². The molecule has 13 heavy (non-hydrogen) atoms. The van der Waals surface area contributed by atoms with Gasteiger partial charge in [0.1, 0.15) is 16.7 Å². The van der Waals surface area contributed by atoms with Crippen LogP contribution in [0.3, 0.4) is 0 Å². The van der Waals surface area contributed by atoms with Crippen molar-refractivity contribution in [3.63, 3.8) is 0 Å². The van der Waals surface area contributed by atoms with Gasteiger partial charge < -0.3 is 5.73 Å². The Labute approximate surface area is 80.5 Å². The summed E-state index contributed by atoms with van der Waals surface area (Å²) in [5, 5.41) is -0.465. The SMILES string of the molecule is CC(CN)c1cc(F)c(Cl)c(F)c1. The van der Waals surface area contributed by atoms with Gasteiger partial charge >= 0.3 is 0 Å². The van der Waals surface area contributed by atoms with E-state index < -0.39 is 16.7 Å². The first kappa shape index (κ1) is 10.4. The first-order chi connectivity index (χ1) is 6.06. The van der Waals surface area contributed by atoms with Crippen LogP contribution in [0.5, 0.6) is 0 Å². The van der Waals surface area contributed by atoms with E-state index in [1.807, 2.05) is 0 Å². The third-order valence-electron chi connectivity index (χ3n) is 1.93. The van der Waals surface area contributed by atoms with Crippen LogP contribution in [0, 0.1) is 11.6 Å². The molecule has 0 fully saturated rings. The highest BCUT2D eigenvalue weighted by Crippen LogP contribution is 2.24. The van der Waals surface area contributed by atoms with Crippen LogP contribution in [0.4, 0.5) is 8.78 Å². The van der Waals surface area contributed by atoms with Gasteiger partial charge in [0.2, 0.25) is 0 Å². The minimum atomic E-state index is -0.739. The lowest BCUT2D eigenvalue weighted by molar-refractivity contribution is 0.576. The number of halogens is 3. The standard InChI is InChI=1S/C9H10ClF2N/c1-5(4-13)6-2-7(11)9(10)8(12)3-6/h2-3,5H,4,13H2,1H3. The van der Waals surface area contributed by atoms with Gasteiger partial charge in [-0.3, -0.25) is 0 Å². The third kappa shape index (κ3) is 2.17. The van der Waals surface area contributed by atoms with Gasteiger partial charge in [-0.05, 0) is 30.2 Å². The van der Waals surface area contributed by atoms with Gasteiger partial charge in [0.25, 0.3) is 0 Å². The van der Waals surface area contributed by atoms with E-state index in [0.29, 0.717) is 12.1 Å². The number of benzene rings is 1. The lowest BCUT2D eigenvalue weighted by atomic mass is 10.0. The molecule has 0 spiro atoms. The summed E-state index contributed by atoms with van der Waals surface area (Å²) in [4.78, 5) is 0. The molecule has 2 N–H and O–H groups in total. The van der Waals surface area contributed by atoms with E-state index in [4.69, 9.17) is 17.3 Å². The van der Waals surface area contributed by atoms with Crippen LogP contribution < -0.4 is 5.73 Å². The molecule has 1 rings (SSSR count). The number of nitrogens with two attached hydrogens (primary N) is 1. The molecule has 1 aromatic carbocycles. The molecule has 0 bridgehead atoms. The van der Waals surface area contributed by atoms with Crippen molar-refractivity contribution >= 4 is 11.6 Å². The van der Waals surface area contributed by atoms with Crippen molar-refractivity contribution in [2.75, 3.05) is 6.54 Å². The Kier molecular flexibility index (Phi) is 3.22. The van der Waals surface area contributed by atoms with Crippen LogP contribution in [0.25, 0.3) is 0 Å². The minimum Gasteiger partial charge on any atom is -0.330 e. The molecule has 0 saturated carbocycles. The molecule has 72 valence electrons. The molecule has 0 amide bonds. The molecule has 1 unspecified atom stereocenters. The Hall–Kier alpha value is -0.670. The topological polar surface area (TPSA) is 26.0 Å². The summed E-state index contributed by atoms with van der Waals surface area (Å²) in [5.74, 6) is -1.55. The Bertz CT molecular complexity index is 291. The summed E-state index contributed by atoms with van der Waals surface area (Å²) in [5.41, 5.74) is 5.89. The van der Waals surface area contributed by atoms with Crippen molar-refractivity contribution in [2.45, 2.75) is 12.8 Å². The number of hydrogen-bond acceptors (Lipinski definition) is 1. The predicted octanol–water partition coefficient (Wildman–Crippen LogP) is 2.68. The van der Waals surface area contributed by atoms with E-state index in [1.54, 1.807) is 6.92 Å². The van der Waals surface area contributed by atoms with E-state index in [-0.39, 0.29) is 5.92 Å². The summed E-state index contributed by atoms with van der Waals surface area (Å²) in [7, 11) is 0. The van der Waals surface area contributed by atoms with E-state index in [2.05, 4.69) is 0 Å². The quantitative estimate of drug-likeness (QED) is 0.739. The van der Waals surface area contributed by atoms with Gasteiger partial charge in [0.15, 0.2) is 0 Å². The van der Waals surface area contributed by atoms with Gasteiger partial charge in [-0.25, -0.2) is 8.78 Å². The van der Waals surface area contributed by atoms with E-state index in [0.717, 1.165) is 0 Å².